The molecule has 0 rings (SSSR count). The Labute approximate surface area is 507 Å². The lowest BCUT2D eigenvalue weighted by Crippen LogP contribution is -2.30. The molecule has 0 spiro atoms. The topological polar surface area (TPSA) is 78.9 Å². The summed E-state index contributed by atoms with van der Waals surface area (Å²) in [6.07, 6.45) is 96.6. The summed E-state index contributed by atoms with van der Waals surface area (Å²) in [6, 6.07) is 0. The van der Waals surface area contributed by atoms with Crippen molar-refractivity contribution in [3.05, 3.63) is 122 Å². The lowest BCUT2D eigenvalue weighted by atomic mass is 10.0. The molecule has 0 bridgehead atoms. The number of unbranched alkanes of at least 4 members (excludes halogenated alkanes) is 31. The van der Waals surface area contributed by atoms with Crippen LogP contribution in [0.4, 0.5) is 0 Å². The van der Waals surface area contributed by atoms with Crippen LogP contribution < -0.4 is 0 Å². The van der Waals surface area contributed by atoms with Gasteiger partial charge in [0.05, 0.1) is 0 Å². The Morgan fingerprint density at radius 1 is 0.256 bits per heavy atom. The maximum atomic E-state index is 12.9. The summed E-state index contributed by atoms with van der Waals surface area (Å²) in [6.45, 7) is 6.44. The Morgan fingerprint density at radius 3 is 0.805 bits per heavy atom. The van der Waals surface area contributed by atoms with Crippen molar-refractivity contribution in [1.82, 2.24) is 0 Å². The third-order valence-corrected chi connectivity index (χ3v) is 14.7. The van der Waals surface area contributed by atoms with Crippen molar-refractivity contribution in [3.8, 4) is 0 Å². The van der Waals surface area contributed by atoms with Crippen molar-refractivity contribution in [2.24, 2.45) is 0 Å². The molecular formula is C76H128O6. The molecule has 0 heterocycles. The molecule has 0 aromatic rings. The van der Waals surface area contributed by atoms with Gasteiger partial charge in [-0.1, -0.05) is 296 Å². The first-order valence-corrected chi connectivity index (χ1v) is 34.5. The zero-order chi connectivity index (χ0) is 59.2. The highest BCUT2D eigenvalue weighted by molar-refractivity contribution is 5.71. The molecule has 82 heavy (non-hydrogen) atoms. The van der Waals surface area contributed by atoms with Gasteiger partial charge in [-0.05, 0) is 128 Å². The van der Waals surface area contributed by atoms with Gasteiger partial charge in [0.25, 0.3) is 0 Å². The number of rotatable bonds is 62. The van der Waals surface area contributed by atoms with Gasteiger partial charge in [0, 0.05) is 19.3 Å². The predicted octanol–water partition coefficient (Wildman–Crippen LogP) is 23.9. The van der Waals surface area contributed by atoms with Crippen LogP contribution in [0, 0.1) is 0 Å². The fraction of sp³-hybridized carbons (Fsp3) is 0.697. The Hall–Kier alpha value is -4.19. The van der Waals surface area contributed by atoms with E-state index in [0.29, 0.717) is 19.3 Å². The van der Waals surface area contributed by atoms with Crippen LogP contribution in [0.15, 0.2) is 122 Å². The third-order valence-electron chi connectivity index (χ3n) is 14.7. The Balaban J connectivity index is 4.14. The van der Waals surface area contributed by atoms with E-state index in [2.05, 4.69) is 142 Å². The first-order chi connectivity index (χ1) is 40.5. The van der Waals surface area contributed by atoms with Crippen LogP contribution in [0.2, 0.25) is 0 Å². The van der Waals surface area contributed by atoms with Crippen LogP contribution in [-0.4, -0.2) is 37.2 Å². The second kappa shape index (κ2) is 69.3. The minimum Gasteiger partial charge on any atom is -0.462 e. The number of allylic oxidation sites excluding steroid dienone is 20. The average Bonchev–Trinajstić information content (AvgIpc) is 3.48. The van der Waals surface area contributed by atoms with Crippen LogP contribution in [0.5, 0.6) is 0 Å². The molecule has 0 amide bonds. The van der Waals surface area contributed by atoms with E-state index in [-0.39, 0.29) is 31.1 Å². The highest BCUT2D eigenvalue weighted by atomic mass is 16.6. The van der Waals surface area contributed by atoms with Gasteiger partial charge >= 0.3 is 17.9 Å². The van der Waals surface area contributed by atoms with Gasteiger partial charge in [0.2, 0.25) is 0 Å². The second-order valence-corrected chi connectivity index (χ2v) is 22.7. The van der Waals surface area contributed by atoms with Gasteiger partial charge in [-0.15, -0.1) is 0 Å². The van der Waals surface area contributed by atoms with E-state index in [9.17, 15) is 14.4 Å². The molecule has 0 radical (unpaired) electrons. The maximum Gasteiger partial charge on any atom is 0.306 e. The van der Waals surface area contributed by atoms with Crippen molar-refractivity contribution in [1.29, 1.82) is 0 Å². The van der Waals surface area contributed by atoms with Crippen LogP contribution in [0.25, 0.3) is 0 Å². The summed E-state index contributed by atoms with van der Waals surface area (Å²) in [4.78, 5) is 38.3. The lowest BCUT2D eigenvalue weighted by Gasteiger charge is -2.18. The molecule has 0 aromatic heterocycles. The van der Waals surface area contributed by atoms with E-state index in [4.69, 9.17) is 14.2 Å². The number of hydrogen-bond acceptors (Lipinski definition) is 6. The molecule has 0 aliphatic carbocycles. The quantitative estimate of drug-likeness (QED) is 0.0261. The fourth-order valence-corrected chi connectivity index (χ4v) is 9.52. The first-order valence-electron chi connectivity index (χ1n) is 34.5. The molecule has 0 saturated heterocycles. The van der Waals surface area contributed by atoms with E-state index in [1.165, 1.54) is 148 Å². The van der Waals surface area contributed by atoms with Crippen molar-refractivity contribution in [3.63, 3.8) is 0 Å². The van der Waals surface area contributed by atoms with E-state index < -0.39 is 6.10 Å². The van der Waals surface area contributed by atoms with Crippen molar-refractivity contribution in [2.75, 3.05) is 13.2 Å². The van der Waals surface area contributed by atoms with Crippen LogP contribution in [0.1, 0.15) is 323 Å². The van der Waals surface area contributed by atoms with Gasteiger partial charge in [-0.3, -0.25) is 14.4 Å². The third kappa shape index (κ3) is 66.6. The monoisotopic (exact) mass is 1140 g/mol. The highest BCUT2D eigenvalue weighted by Gasteiger charge is 2.19. The smallest absolute Gasteiger partial charge is 0.306 e. The first kappa shape index (κ1) is 77.8. The van der Waals surface area contributed by atoms with Gasteiger partial charge in [0.15, 0.2) is 6.10 Å². The molecular weight excluding hydrogens is 1010 g/mol. The second-order valence-electron chi connectivity index (χ2n) is 22.7. The normalized spacial score (nSPS) is 12.9. The number of carbonyl (C=O) groups is 3. The minimum absolute atomic E-state index is 0.0852. The Morgan fingerprint density at radius 2 is 0.500 bits per heavy atom. The number of ether oxygens (including phenoxy) is 3. The molecule has 0 N–H and O–H groups in total. The Kier molecular flexibility index (Phi) is 65.8. The average molecular weight is 1140 g/mol. The molecule has 1 atom stereocenters. The van der Waals surface area contributed by atoms with Crippen molar-refractivity contribution in [2.45, 2.75) is 329 Å². The molecule has 1 unspecified atom stereocenters. The minimum atomic E-state index is -0.789. The summed E-state index contributed by atoms with van der Waals surface area (Å²) in [7, 11) is 0. The zero-order valence-corrected chi connectivity index (χ0v) is 53.7. The standard InChI is InChI=1S/C76H128O6/c1-4-7-10-13-16-19-22-24-26-28-30-31-32-33-34-35-36-37-38-39-40-41-42-43-44-45-47-48-50-52-54-57-60-63-66-69-75(78)81-72-73(71-80-74(77)68-65-62-59-56-21-18-15-12-9-6-3)82-76(79)70-67-64-61-58-55-53-51-49-46-29-27-25-23-20-17-14-11-8-5-2/h7,10,12,15-17,19-20,24-27,30-31,33-34,36-37,46,49,73H,4-6,8-9,11,13-14,18,21-23,28-29,32,35,38-45,47-48,50-72H2,1-3H3/b10-7-,15-12-,19-16-,20-17-,26-24-,27-25-,31-30-,34-33-,37-36-,49-46-. The maximum absolute atomic E-state index is 12.9. The van der Waals surface area contributed by atoms with Gasteiger partial charge in [-0.25, -0.2) is 0 Å². The van der Waals surface area contributed by atoms with Crippen LogP contribution in [-0.2, 0) is 28.6 Å². The lowest BCUT2D eigenvalue weighted by molar-refractivity contribution is -0.167. The highest BCUT2D eigenvalue weighted by Crippen LogP contribution is 2.17. The molecule has 0 fully saturated rings. The van der Waals surface area contributed by atoms with E-state index in [1.54, 1.807) is 0 Å². The summed E-state index contributed by atoms with van der Waals surface area (Å²) < 4.78 is 16.9. The molecule has 6 nitrogen and oxygen atoms in total. The molecule has 0 saturated carbocycles. The summed E-state index contributed by atoms with van der Waals surface area (Å²) in [5.41, 5.74) is 0. The molecule has 0 aromatic carbocycles. The predicted molar refractivity (Wildman–Crippen MR) is 357 cm³/mol. The van der Waals surface area contributed by atoms with E-state index >= 15 is 0 Å². The summed E-state index contributed by atoms with van der Waals surface area (Å²) in [5, 5.41) is 0. The van der Waals surface area contributed by atoms with E-state index in [0.717, 1.165) is 135 Å². The van der Waals surface area contributed by atoms with Crippen LogP contribution >= 0.6 is 0 Å². The SMILES string of the molecule is CC/C=C\C/C=C\C/C=C\C/C=C\C/C=C\C/C=C\CCCCCCCCCCCCCCCCCCC(=O)OCC(COC(=O)CCCCCCC/C=C\CCC)OC(=O)CCCCCCCC/C=C\C/C=C\C/C=C\CCCCC. The van der Waals surface area contributed by atoms with Crippen LogP contribution in [0.3, 0.4) is 0 Å². The number of hydrogen-bond donors (Lipinski definition) is 0. The molecule has 6 heteroatoms. The number of carbonyl (C=O) groups excluding carboxylic acids is 3. The van der Waals surface area contributed by atoms with E-state index in [1.807, 2.05) is 0 Å². The van der Waals surface area contributed by atoms with Gasteiger partial charge in [-0.2, -0.15) is 0 Å². The zero-order valence-electron chi connectivity index (χ0n) is 53.7. The van der Waals surface area contributed by atoms with Crippen molar-refractivity contribution >= 4 is 17.9 Å². The molecule has 0 aliphatic heterocycles. The largest absolute Gasteiger partial charge is 0.462 e. The van der Waals surface area contributed by atoms with Gasteiger partial charge < -0.3 is 14.2 Å². The summed E-state index contributed by atoms with van der Waals surface area (Å²) in [5.74, 6) is -0.901. The molecule has 0 aliphatic rings. The van der Waals surface area contributed by atoms with Gasteiger partial charge in [0.1, 0.15) is 13.2 Å². The Bertz CT molecular complexity index is 1690. The molecule has 468 valence electrons. The summed E-state index contributed by atoms with van der Waals surface area (Å²) >= 11 is 0. The fourth-order valence-electron chi connectivity index (χ4n) is 9.52. The van der Waals surface area contributed by atoms with Crippen molar-refractivity contribution < 1.29 is 28.6 Å². The number of esters is 3.